The molecule has 6 aliphatic rings. The second-order valence-corrected chi connectivity index (χ2v) is 18.4. The minimum absolute atomic E-state index is 0.145. The molecule has 3 N–H and O–H groups in total. The SMILES string of the molecule is CC[C@]1(O)CC2CN(CCc3c([nH]c4ccccc34)[C@@](C(=O)OC)(c3cc4c(cc3OC)C(C=O)[C@H]3[C@@](O)(C(=O)OC)[C@H](OC(C)=O)[C@]5(CC)C=CCN6CC[C@]43[C@@H]65)C2)C1. The van der Waals surface area contributed by atoms with Gasteiger partial charge in [0.1, 0.15) is 17.5 Å². The lowest BCUT2D eigenvalue weighted by atomic mass is 9.45. The first-order valence-electron chi connectivity index (χ1n) is 21.5. The fourth-order valence-corrected chi connectivity index (χ4v) is 13.8. The van der Waals surface area contributed by atoms with Gasteiger partial charge in [-0.05, 0) is 85.9 Å². The topological polar surface area (TPSA) is 168 Å². The maximum Gasteiger partial charge on any atom is 0.342 e. The van der Waals surface area contributed by atoms with Gasteiger partial charge in [-0.1, -0.05) is 44.2 Å². The number of aromatic amines is 1. The Morgan fingerprint density at radius 1 is 0.983 bits per heavy atom. The fourth-order valence-electron chi connectivity index (χ4n) is 13.8. The van der Waals surface area contributed by atoms with Gasteiger partial charge in [0.25, 0.3) is 0 Å². The maximum absolute atomic E-state index is 15.3. The van der Waals surface area contributed by atoms with Crippen LogP contribution in [0.4, 0.5) is 0 Å². The van der Waals surface area contributed by atoms with Crippen molar-refractivity contribution in [3.8, 4) is 5.75 Å². The number of carbonyl (C=O) groups is 4. The highest BCUT2D eigenvalue weighted by Gasteiger charge is 2.80. The van der Waals surface area contributed by atoms with Crippen molar-refractivity contribution in [2.24, 2.45) is 17.3 Å². The van der Waals surface area contributed by atoms with Crippen molar-refractivity contribution in [2.75, 3.05) is 54.1 Å². The molecule has 0 amide bonds. The highest BCUT2D eigenvalue weighted by atomic mass is 16.6. The number of nitrogens with one attached hydrogen (secondary N) is 1. The van der Waals surface area contributed by atoms with Gasteiger partial charge in [-0.15, -0.1) is 0 Å². The van der Waals surface area contributed by atoms with Crippen LogP contribution < -0.4 is 4.74 Å². The van der Waals surface area contributed by atoms with Gasteiger partial charge in [0.2, 0.25) is 5.60 Å². The Morgan fingerprint density at radius 3 is 2.43 bits per heavy atom. The summed E-state index contributed by atoms with van der Waals surface area (Å²) in [5, 5.41) is 26.3. The molecule has 2 saturated heterocycles. The van der Waals surface area contributed by atoms with Crippen LogP contribution in [0.25, 0.3) is 10.9 Å². The lowest BCUT2D eigenvalue weighted by Crippen LogP contribution is -2.77. The van der Waals surface area contributed by atoms with Crippen LogP contribution in [-0.2, 0) is 50.6 Å². The van der Waals surface area contributed by atoms with E-state index in [1.807, 2.05) is 56.3 Å². The summed E-state index contributed by atoms with van der Waals surface area (Å²) >= 11 is 0. The molecule has 60 heavy (non-hydrogen) atoms. The molecule has 3 aromatic rings. The van der Waals surface area contributed by atoms with E-state index in [9.17, 15) is 24.6 Å². The van der Waals surface area contributed by atoms with Gasteiger partial charge < -0.3 is 38.9 Å². The van der Waals surface area contributed by atoms with E-state index in [0.29, 0.717) is 87.4 Å². The standard InChI is InChI=1S/C47H57N3O10/c1-7-43(55)22-28-23-46(41(53)58-5,38-30(14-18-49(24-28)26-43)29-12-9-10-13-35(29)48-38)34-21-33-31(20-36(34)57-4)32(25-51)37-45(33)16-19-50-17-11-15-44(8-2,39(45)50)40(60-27(3)52)47(37,56)42(54)59-6/h9-13,15,20-21,25,28,32,37,39-40,48,55-56H,7-8,14,16-19,22-24,26H2,1-6H3/t28?,32?,37-,39+,40-,43+,44-,45+,46+,47+/m1/s1. The molecular weight excluding hydrogens is 767 g/mol. The van der Waals surface area contributed by atoms with E-state index in [4.69, 9.17) is 18.9 Å². The Morgan fingerprint density at radius 2 is 1.75 bits per heavy atom. The van der Waals surface area contributed by atoms with Crippen LogP contribution in [0.2, 0.25) is 0 Å². The minimum atomic E-state index is -2.46. The Bertz CT molecular complexity index is 2310. The summed E-state index contributed by atoms with van der Waals surface area (Å²) in [6, 6.07) is 11.4. The zero-order valence-corrected chi connectivity index (χ0v) is 35.4. The van der Waals surface area contributed by atoms with E-state index in [-0.39, 0.29) is 12.3 Å². The summed E-state index contributed by atoms with van der Waals surface area (Å²) in [4.78, 5) is 64.9. The number of hydrogen-bond acceptors (Lipinski definition) is 12. The number of H-pyrrole nitrogens is 1. The molecule has 1 spiro atoms. The average Bonchev–Trinajstić information content (AvgIpc) is 3.92. The van der Waals surface area contributed by atoms with Gasteiger partial charge in [0.05, 0.1) is 26.9 Å². The smallest absolute Gasteiger partial charge is 0.342 e. The van der Waals surface area contributed by atoms with Gasteiger partial charge in [-0.2, -0.15) is 0 Å². The van der Waals surface area contributed by atoms with Crippen molar-refractivity contribution in [1.29, 1.82) is 0 Å². The number of fused-ring (bicyclic) bond motifs is 6. The van der Waals surface area contributed by atoms with E-state index in [1.165, 1.54) is 21.1 Å². The van der Waals surface area contributed by atoms with E-state index < -0.39 is 69.3 Å². The van der Waals surface area contributed by atoms with Crippen molar-refractivity contribution in [2.45, 2.75) is 99.4 Å². The number of carbonyl (C=O) groups excluding carboxylic acids is 4. The van der Waals surface area contributed by atoms with E-state index >= 15 is 4.79 Å². The van der Waals surface area contributed by atoms with E-state index in [2.05, 4.69) is 20.9 Å². The number of aromatic nitrogens is 1. The minimum Gasteiger partial charge on any atom is -0.496 e. The molecule has 2 aromatic carbocycles. The molecule has 4 aliphatic heterocycles. The number of ether oxygens (including phenoxy) is 4. The number of piperidine rings is 1. The normalized spacial score (nSPS) is 37.7. The molecule has 3 unspecified atom stereocenters. The molecule has 2 aliphatic carbocycles. The van der Waals surface area contributed by atoms with Crippen LogP contribution in [0.3, 0.4) is 0 Å². The predicted molar refractivity (Wildman–Crippen MR) is 221 cm³/mol. The Labute approximate surface area is 350 Å². The number of nitrogens with zero attached hydrogens (tertiary/aromatic N) is 2. The Hall–Kier alpha value is -4.56. The van der Waals surface area contributed by atoms with Crippen molar-refractivity contribution in [1.82, 2.24) is 14.8 Å². The Kier molecular flexibility index (Phi) is 9.70. The molecule has 2 bridgehead atoms. The summed E-state index contributed by atoms with van der Waals surface area (Å²) in [5.74, 6) is -4.10. The second kappa shape index (κ2) is 14.3. The third-order valence-corrected chi connectivity index (χ3v) is 15.9. The third-order valence-electron chi connectivity index (χ3n) is 15.9. The van der Waals surface area contributed by atoms with Gasteiger partial charge in [-0.25, -0.2) is 4.79 Å². The first kappa shape index (κ1) is 40.8. The van der Waals surface area contributed by atoms with Crippen LogP contribution in [0.15, 0.2) is 48.6 Å². The molecule has 9 rings (SSSR count). The van der Waals surface area contributed by atoms with Crippen molar-refractivity contribution in [3.05, 3.63) is 76.5 Å². The van der Waals surface area contributed by atoms with Crippen LogP contribution in [-0.4, -0.2) is 127 Å². The highest BCUT2D eigenvalue weighted by Crippen LogP contribution is 2.71. The maximum atomic E-state index is 15.3. The van der Waals surface area contributed by atoms with E-state index in [1.54, 1.807) is 7.11 Å². The Balaban J connectivity index is 1.38. The number of hydrogen-bond donors (Lipinski definition) is 3. The molecule has 13 nitrogen and oxygen atoms in total. The molecule has 5 heterocycles. The number of benzene rings is 2. The molecule has 320 valence electrons. The molecule has 3 fully saturated rings. The van der Waals surface area contributed by atoms with Crippen LogP contribution >= 0.6 is 0 Å². The van der Waals surface area contributed by atoms with Crippen LogP contribution in [0.5, 0.6) is 5.75 Å². The lowest BCUT2D eigenvalue weighted by Gasteiger charge is -2.63. The summed E-state index contributed by atoms with van der Waals surface area (Å²) < 4.78 is 23.8. The fraction of sp³-hybridized carbons (Fsp3) is 0.574. The van der Waals surface area contributed by atoms with Crippen LogP contribution in [0.1, 0.15) is 86.7 Å². The summed E-state index contributed by atoms with van der Waals surface area (Å²) in [7, 11) is 4.14. The monoisotopic (exact) mass is 823 g/mol. The quantitative estimate of drug-likeness (QED) is 0.129. The second-order valence-electron chi connectivity index (χ2n) is 18.4. The molecular formula is C47H57N3O10. The number of methoxy groups -OCH3 is 3. The van der Waals surface area contributed by atoms with Crippen molar-refractivity contribution in [3.63, 3.8) is 0 Å². The number of para-hydroxylation sites is 1. The molecule has 13 heteroatoms. The molecule has 11 atom stereocenters. The number of rotatable bonds is 8. The lowest BCUT2D eigenvalue weighted by molar-refractivity contribution is -0.243. The molecule has 1 aromatic heterocycles. The van der Waals surface area contributed by atoms with Gasteiger partial charge in [0, 0.05) is 84.0 Å². The van der Waals surface area contributed by atoms with Crippen molar-refractivity contribution >= 4 is 35.1 Å². The molecule has 1 saturated carbocycles. The van der Waals surface area contributed by atoms with Crippen molar-refractivity contribution < 1.29 is 48.3 Å². The van der Waals surface area contributed by atoms with Gasteiger partial charge >= 0.3 is 17.9 Å². The zero-order chi connectivity index (χ0) is 42.6. The van der Waals surface area contributed by atoms with Gasteiger partial charge in [-0.3, -0.25) is 19.4 Å². The largest absolute Gasteiger partial charge is 0.496 e. The third kappa shape index (κ3) is 5.24. The van der Waals surface area contributed by atoms with Crippen LogP contribution in [0, 0.1) is 17.3 Å². The zero-order valence-electron chi connectivity index (χ0n) is 35.4. The number of esters is 3. The van der Waals surface area contributed by atoms with Gasteiger partial charge in [0.15, 0.2) is 6.10 Å². The number of aldehydes is 1. The predicted octanol–water partition coefficient (Wildman–Crippen LogP) is 4.08. The summed E-state index contributed by atoms with van der Waals surface area (Å²) in [6.45, 7) is 8.26. The average molecular weight is 824 g/mol. The summed E-state index contributed by atoms with van der Waals surface area (Å²) in [5.41, 5.74) is -2.65. The first-order valence-corrected chi connectivity index (χ1v) is 21.5. The number of aliphatic hydroxyl groups is 2. The first-order chi connectivity index (χ1) is 28.8. The molecule has 0 radical (unpaired) electrons. The highest BCUT2D eigenvalue weighted by molar-refractivity contribution is 5.94. The summed E-state index contributed by atoms with van der Waals surface area (Å²) in [6.07, 6.45) is 6.17. The van der Waals surface area contributed by atoms with E-state index in [0.717, 1.165) is 28.3 Å².